The van der Waals surface area contributed by atoms with Gasteiger partial charge < -0.3 is 5.73 Å². The normalized spacial score (nSPS) is 32.4. The number of nitrogens with zero attached hydrogens (tertiary/aromatic N) is 1. The van der Waals surface area contributed by atoms with E-state index in [4.69, 9.17) is 5.73 Å². The fraction of sp³-hybridized carbons (Fsp3) is 1.00. The van der Waals surface area contributed by atoms with E-state index in [1.807, 2.05) is 0 Å². The van der Waals surface area contributed by atoms with Crippen molar-refractivity contribution in [1.82, 2.24) is 4.90 Å². The Morgan fingerprint density at radius 2 is 2.06 bits per heavy atom. The largest absolute Gasteiger partial charge is 0.329 e. The zero-order valence-corrected chi connectivity index (χ0v) is 11.4. The van der Waals surface area contributed by atoms with E-state index >= 15 is 0 Å². The number of rotatable bonds is 4. The molecule has 0 aromatic carbocycles. The molecule has 1 saturated heterocycles. The fourth-order valence-corrected chi connectivity index (χ4v) is 4.95. The highest BCUT2D eigenvalue weighted by Crippen LogP contribution is 2.36. The van der Waals surface area contributed by atoms with Crippen LogP contribution in [0.15, 0.2) is 0 Å². The number of hydrogen-bond donors (Lipinski definition) is 1. The fourth-order valence-electron chi connectivity index (χ4n) is 3.47. The summed E-state index contributed by atoms with van der Waals surface area (Å²) in [6.07, 6.45) is 8.40. The van der Waals surface area contributed by atoms with E-state index in [1.54, 1.807) is 0 Å². The van der Waals surface area contributed by atoms with Crippen LogP contribution in [0.1, 0.15) is 45.4 Å². The summed E-state index contributed by atoms with van der Waals surface area (Å²) in [4.78, 5) is 2.76. The molecule has 1 aliphatic carbocycles. The first-order chi connectivity index (χ1) is 7.82. The van der Waals surface area contributed by atoms with Crippen molar-refractivity contribution in [1.29, 1.82) is 0 Å². The number of thioether (sulfide) groups is 1. The van der Waals surface area contributed by atoms with Crippen molar-refractivity contribution >= 4 is 11.8 Å². The maximum atomic E-state index is 6.10. The van der Waals surface area contributed by atoms with Gasteiger partial charge in [-0.1, -0.05) is 26.2 Å². The molecule has 1 heterocycles. The molecule has 2 nitrogen and oxygen atoms in total. The number of nitrogens with two attached hydrogens (primary N) is 1. The van der Waals surface area contributed by atoms with Crippen LogP contribution in [-0.2, 0) is 0 Å². The molecule has 2 aliphatic rings. The average molecular weight is 242 g/mol. The van der Waals surface area contributed by atoms with Gasteiger partial charge in [-0.05, 0) is 31.6 Å². The smallest absolute Gasteiger partial charge is 0.0432 e. The SMILES string of the molecule is CCN(C1CCCCC1)C1(CN)CCSC1. The van der Waals surface area contributed by atoms with E-state index < -0.39 is 0 Å². The van der Waals surface area contributed by atoms with Crippen molar-refractivity contribution in [3.63, 3.8) is 0 Å². The Hall–Kier alpha value is 0.270. The van der Waals surface area contributed by atoms with Crippen LogP contribution >= 0.6 is 11.8 Å². The Balaban J connectivity index is 2.06. The molecule has 94 valence electrons. The molecular weight excluding hydrogens is 216 g/mol. The second kappa shape index (κ2) is 5.74. The van der Waals surface area contributed by atoms with Gasteiger partial charge >= 0.3 is 0 Å². The summed E-state index contributed by atoms with van der Waals surface area (Å²) in [5.41, 5.74) is 6.43. The van der Waals surface area contributed by atoms with Crippen LogP contribution < -0.4 is 5.73 Å². The molecule has 3 heteroatoms. The van der Waals surface area contributed by atoms with Gasteiger partial charge in [0.15, 0.2) is 0 Å². The van der Waals surface area contributed by atoms with E-state index in [-0.39, 0.29) is 0 Å². The first-order valence-electron chi connectivity index (χ1n) is 6.87. The van der Waals surface area contributed by atoms with Crippen molar-refractivity contribution in [2.45, 2.75) is 57.0 Å². The van der Waals surface area contributed by atoms with Gasteiger partial charge in [0.1, 0.15) is 0 Å². The Labute approximate surface area is 104 Å². The predicted molar refractivity (Wildman–Crippen MR) is 73.0 cm³/mol. The molecule has 2 N–H and O–H groups in total. The molecule has 1 aliphatic heterocycles. The molecule has 0 radical (unpaired) electrons. The van der Waals surface area contributed by atoms with Crippen molar-refractivity contribution in [2.75, 3.05) is 24.6 Å². The summed E-state index contributed by atoms with van der Waals surface area (Å²) in [5, 5.41) is 0. The van der Waals surface area contributed by atoms with Gasteiger partial charge in [-0.3, -0.25) is 4.90 Å². The van der Waals surface area contributed by atoms with Crippen LogP contribution in [0.25, 0.3) is 0 Å². The Kier molecular flexibility index (Phi) is 4.57. The van der Waals surface area contributed by atoms with Crippen LogP contribution in [-0.4, -0.2) is 41.1 Å². The maximum Gasteiger partial charge on any atom is 0.0432 e. The van der Waals surface area contributed by atoms with Crippen molar-refractivity contribution in [3.8, 4) is 0 Å². The van der Waals surface area contributed by atoms with Crippen LogP contribution in [0.2, 0.25) is 0 Å². The van der Waals surface area contributed by atoms with Crippen molar-refractivity contribution in [3.05, 3.63) is 0 Å². The monoisotopic (exact) mass is 242 g/mol. The van der Waals surface area contributed by atoms with E-state index in [0.29, 0.717) is 5.54 Å². The Bertz CT molecular complexity index is 208. The summed E-state index contributed by atoms with van der Waals surface area (Å²) in [6, 6.07) is 0.820. The van der Waals surface area contributed by atoms with Crippen molar-refractivity contribution < 1.29 is 0 Å². The van der Waals surface area contributed by atoms with E-state index in [0.717, 1.165) is 12.6 Å². The molecule has 0 aromatic heterocycles. The minimum atomic E-state index is 0.335. The van der Waals surface area contributed by atoms with Gasteiger partial charge in [0, 0.05) is 23.9 Å². The highest BCUT2D eigenvalue weighted by atomic mass is 32.2. The van der Waals surface area contributed by atoms with Crippen molar-refractivity contribution in [2.24, 2.45) is 5.73 Å². The lowest BCUT2D eigenvalue weighted by Gasteiger charge is -2.46. The van der Waals surface area contributed by atoms with Crippen LogP contribution in [0.4, 0.5) is 0 Å². The summed E-state index contributed by atoms with van der Waals surface area (Å²) >= 11 is 2.09. The third-order valence-electron chi connectivity index (χ3n) is 4.43. The lowest BCUT2D eigenvalue weighted by Crippen LogP contribution is -2.58. The first-order valence-corrected chi connectivity index (χ1v) is 8.02. The zero-order valence-electron chi connectivity index (χ0n) is 10.6. The summed E-state index contributed by atoms with van der Waals surface area (Å²) in [6.45, 7) is 4.35. The summed E-state index contributed by atoms with van der Waals surface area (Å²) < 4.78 is 0. The van der Waals surface area contributed by atoms with Gasteiger partial charge in [-0.2, -0.15) is 11.8 Å². The molecule has 0 bridgehead atoms. The van der Waals surface area contributed by atoms with Crippen LogP contribution in [0.5, 0.6) is 0 Å². The van der Waals surface area contributed by atoms with Crippen LogP contribution in [0.3, 0.4) is 0 Å². The molecule has 1 unspecified atom stereocenters. The maximum absolute atomic E-state index is 6.10. The zero-order chi connectivity index (χ0) is 11.4. The molecular formula is C13H26N2S. The Morgan fingerprint density at radius 3 is 2.56 bits per heavy atom. The van der Waals surface area contributed by atoms with Gasteiger partial charge in [0.2, 0.25) is 0 Å². The lowest BCUT2D eigenvalue weighted by molar-refractivity contribution is 0.0523. The standard InChI is InChI=1S/C13H26N2S/c1-2-15(12-6-4-3-5-7-12)13(10-14)8-9-16-11-13/h12H,2-11,14H2,1H3. The number of hydrogen-bond acceptors (Lipinski definition) is 3. The minimum absolute atomic E-state index is 0.335. The van der Waals surface area contributed by atoms with Gasteiger partial charge in [0.05, 0.1) is 0 Å². The molecule has 16 heavy (non-hydrogen) atoms. The van der Waals surface area contributed by atoms with Gasteiger partial charge in [-0.15, -0.1) is 0 Å². The Morgan fingerprint density at radius 1 is 1.31 bits per heavy atom. The lowest BCUT2D eigenvalue weighted by atomic mass is 9.88. The van der Waals surface area contributed by atoms with Gasteiger partial charge in [-0.25, -0.2) is 0 Å². The second-order valence-electron chi connectivity index (χ2n) is 5.31. The summed E-state index contributed by atoms with van der Waals surface area (Å²) in [7, 11) is 0. The third kappa shape index (κ3) is 2.41. The van der Waals surface area contributed by atoms with E-state index in [1.165, 1.54) is 56.6 Å². The molecule has 1 atom stereocenters. The molecule has 2 rings (SSSR count). The summed E-state index contributed by atoms with van der Waals surface area (Å²) in [5.74, 6) is 2.56. The quantitative estimate of drug-likeness (QED) is 0.821. The van der Waals surface area contributed by atoms with E-state index in [2.05, 4.69) is 23.6 Å². The third-order valence-corrected chi connectivity index (χ3v) is 5.66. The number of likely N-dealkylation sites (N-methyl/N-ethyl adjacent to an activating group) is 1. The minimum Gasteiger partial charge on any atom is -0.329 e. The highest BCUT2D eigenvalue weighted by Gasteiger charge is 2.41. The highest BCUT2D eigenvalue weighted by molar-refractivity contribution is 7.99. The molecule has 1 saturated carbocycles. The molecule has 0 spiro atoms. The molecule has 0 aromatic rings. The topological polar surface area (TPSA) is 29.3 Å². The predicted octanol–water partition coefficient (Wildman–Crippen LogP) is 2.48. The van der Waals surface area contributed by atoms with Crippen LogP contribution in [0, 0.1) is 0 Å². The van der Waals surface area contributed by atoms with Gasteiger partial charge in [0.25, 0.3) is 0 Å². The molecule has 0 amide bonds. The molecule has 2 fully saturated rings. The average Bonchev–Trinajstić information content (AvgIpc) is 2.81. The van der Waals surface area contributed by atoms with E-state index in [9.17, 15) is 0 Å². The first kappa shape index (κ1) is 12.7. The second-order valence-corrected chi connectivity index (χ2v) is 6.41.